The average molecular weight is 311 g/mol. The minimum Gasteiger partial charge on any atom is -0.395 e. The van der Waals surface area contributed by atoms with Gasteiger partial charge in [-0.05, 0) is 6.07 Å². The summed E-state index contributed by atoms with van der Waals surface area (Å²) in [5.41, 5.74) is 2.42. The van der Waals surface area contributed by atoms with Crippen LogP contribution in [0.2, 0.25) is 0 Å². The van der Waals surface area contributed by atoms with E-state index >= 15 is 0 Å². The van der Waals surface area contributed by atoms with Crippen molar-refractivity contribution >= 4 is 38.4 Å². The highest BCUT2D eigenvalue weighted by Gasteiger charge is 2.13. The molecule has 1 aromatic carbocycles. The summed E-state index contributed by atoms with van der Waals surface area (Å²) in [6.45, 7) is 0.476. The Morgan fingerprint density at radius 1 is 1.23 bits per heavy atom. The number of anilines is 1. The van der Waals surface area contributed by atoms with Gasteiger partial charge >= 0.3 is 0 Å². The Bertz CT molecular complexity index is 945. The van der Waals surface area contributed by atoms with Crippen LogP contribution in [0.1, 0.15) is 0 Å². The van der Waals surface area contributed by atoms with E-state index in [1.807, 2.05) is 12.1 Å². The minimum absolute atomic E-state index is 0.0433. The summed E-state index contributed by atoms with van der Waals surface area (Å²) in [6.07, 6.45) is 1.47. The molecule has 0 aliphatic carbocycles. The van der Waals surface area contributed by atoms with Crippen LogP contribution >= 0.6 is 11.3 Å². The lowest BCUT2D eigenvalue weighted by atomic mass is 10.2. The van der Waals surface area contributed by atoms with Crippen molar-refractivity contribution in [3.63, 3.8) is 0 Å². The van der Waals surface area contributed by atoms with Gasteiger partial charge in [-0.2, -0.15) is 0 Å². The van der Waals surface area contributed by atoms with Gasteiger partial charge in [0.25, 0.3) is 0 Å². The molecule has 0 saturated heterocycles. The van der Waals surface area contributed by atoms with Crippen LogP contribution in [0.25, 0.3) is 32.6 Å². The highest BCUT2D eigenvalue weighted by atomic mass is 32.1. The van der Waals surface area contributed by atoms with Gasteiger partial charge in [0.2, 0.25) is 0 Å². The number of nitrogens with one attached hydrogen (secondary N) is 2. The molecule has 3 aromatic heterocycles. The fourth-order valence-corrected chi connectivity index (χ4v) is 3.37. The van der Waals surface area contributed by atoms with Gasteiger partial charge in [-0.1, -0.05) is 18.2 Å². The predicted molar refractivity (Wildman–Crippen MR) is 88.1 cm³/mol. The first kappa shape index (κ1) is 13.2. The Labute approximate surface area is 129 Å². The SMILES string of the molecule is OCCNc1ncnc2nc(-c3csc4ccccc34)[nH]c12. The minimum atomic E-state index is 0.0433. The number of aromatic nitrogens is 4. The largest absolute Gasteiger partial charge is 0.395 e. The highest BCUT2D eigenvalue weighted by Crippen LogP contribution is 2.33. The number of fused-ring (bicyclic) bond motifs is 2. The summed E-state index contributed by atoms with van der Waals surface area (Å²) in [4.78, 5) is 16.3. The van der Waals surface area contributed by atoms with Gasteiger partial charge < -0.3 is 15.4 Å². The predicted octanol–water partition coefficient (Wildman–Crippen LogP) is 2.64. The van der Waals surface area contributed by atoms with Crippen molar-refractivity contribution in [2.45, 2.75) is 0 Å². The first-order valence-electron chi connectivity index (χ1n) is 6.89. The Balaban J connectivity index is 1.86. The summed E-state index contributed by atoms with van der Waals surface area (Å²) in [6, 6.07) is 8.24. The number of aliphatic hydroxyl groups excluding tert-OH is 1. The van der Waals surface area contributed by atoms with Crippen LogP contribution in [0, 0.1) is 0 Å². The van der Waals surface area contributed by atoms with Crippen LogP contribution in [-0.4, -0.2) is 38.2 Å². The van der Waals surface area contributed by atoms with Gasteiger partial charge in [-0.3, -0.25) is 0 Å². The lowest BCUT2D eigenvalue weighted by Crippen LogP contribution is -2.07. The van der Waals surface area contributed by atoms with Crippen molar-refractivity contribution in [3.05, 3.63) is 36.0 Å². The van der Waals surface area contributed by atoms with Crippen molar-refractivity contribution in [2.75, 3.05) is 18.5 Å². The molecule has 6 nitrogen and oxygen atoms in total. The van der Waals surface area contributed by atoms with Gasteiger partial charge in [0.1, 0.15) is 17.7 Å². The number of rotatable bonds is 4. The Morgan fingerprint density at radius 2 is 2.14 bits per heavy atom. The number of benzene rings is 1. The molecule has 0 atom stereocenters. The van der Waals surface area contributed by atoms with Gasteiger partial charge in [0.05, 0.1) is 6.61 Å². The maximum atomic E-state index is 8.94. The molecule has 0 bridgehead atoms. The number of thiophene rings is 1. The summed E-state index contributed by atoms with van der Waals surface area (Å²) in [7, 11) is 0. The molecule has 4 aromatic rings. The number of hydrogen-bond donors (Lipinski definition) is 3. The molecule has 0 aliphatic heterocycles. The van der Waals surface area contributed by atoms with Crippen LogP contribution in [0.4, 0.5) is 5.82 Å². The molecule has 0 fully saturated rings. The zero-order chi connectivity index (χ0) is 14.9. The number of H-pyrrole nitrogens is 1. The molecule has 0 amide bonds. The zero-order valence-corrected chi connectivity index (χ0v) is 12.4. The Hall–Kier alpha value is -2.51. The van der Waals surface area contributed by atoms with Crippen LogP contribution in [0.15, 0.2) is 36.0 Å². The van der Waals surface area contributed by atoms with Crippen LogP contribution in [0.5, 0.6) is 0 Å². The van der Waals surface area contributed by atoms with Gasteiger partial charge in [0, 0.05) is 27.6 Å². The normalized spacial score (nSPS) is 11.3. The summed E-state index contributed by atoms with van der Waals surface area (Å²) < 4.78 is 1.22. The van der Waals surface area contributed by atoms with E-state index in [4.69, 9.17) is 5.11 Å². The second-order valence-corrected chi connectivity index (χ2v) is 5.71. The quantitative estimate of drug-likeness (QED) is 0.539. The zero-order valence-electron chi connectivity index (χ0n) is 11.6. The summed E-state index contributed by atoms with van der Waals surface area (Å²) in [5.74, 6) is 1.43. The standard InChI is InChI=1S/C15H13N5OS/c21-6-5-16-14-12-15(18-8-17-14)20-13(19-12)10-7-22-11-4-2-1-3-9(10)11/h1-4,7-8,21H,5-6H2,(H2,16,17,18,19,20). The van der Waals surface area contributed by atoms with E-state index in [2.05, 4.69) is 42.8 Å². The van der Waals surface area contributed by atoms with Gasteiger partial charge in [-0.25, -0.2) is 15.0 Å². The molecule has 7 heteroatoms. The molecule has 22 heavy (non-hydrogen) atoms. The molecule has 0 saturated carbocycles. The van der Waals surface area contributed by atoms with Crippen molar-refractivity contribution < 1.29 is 5.11 Å². The van der Waals surface area contributed by atoms with E-state index in [0.717, 1.165) is 16.9 Å². The van der Waals surface area contributed by atoms with Crippen molar-refractivity contribution in [3.8, 4) is 11.4 Å². The van der Waals surface area contributed by atoms with Crippen molar-refractivity contribution in [1.82, 2.24) is 19.9 Å². The average Bonchev–Trinajstić information content (AvgIpc) is 3.16. The van der Waals surface area contributed by atoms with E-state index in [0.29, 0.717) is 18.0 Å². The molecule has 0 aliphatic rings. The molecule has 110 valence electrons. The number of aliphatic hydroxyl groups is 1. The van der Waals surface area contributed by atoms with Crippen molar-refractivity contribution in [2.24, 2.45) is 0 Å². The monoisotopic (exact) mass is 311 g/mol. The van der Waals surface area contributed by atoms with E-state index in [9.17, 15) is 0 Å². The first-order valence-corrected chi connectivity index (χ1v) is 7.77. The maximum Gasteiger partial charge on any atom is 0.183 e. The number of imidazole rings is 1. The fourth-order valence-electron chi connectivity index (χ4n) is 2.43. The third-order valence-corrected chi connectivity index (χ3v) is 4.39. The van der Waals surface area contributed by atoms with Crippen LogP contribution in [0.3, 0.4) is 0 Å². The Kier molecular flexibility index (Phi) is 3.21. The van der Waals surface area contributed by atoms with Crippen LogP contribution in [-0.2, 0) is 0 Å². The lowest BCUT2D eigenvalue weighted by molar-refractivity contribution is 0.311. The molecule has 4 rings (SSSR count). The smallest absolute Gasteiger partial charge is 0.183 e. The first-order chi connectivity index (χ1) is 10.9. The van der Waals surface area contributed by atoms with E-state index < -0.39 is 0 Å². The van der Waals surface area contributed by atoms with Crippen LogP contribution < -0.4 is 5.32 Å². The fraction of sp³-hybridized carbons (Fsp3) is 0.133. The van der Waals surface area contributed by atoms with E-state index in [-0.39, 0.29) is 6.61 Å². The molecule has 0 radical (unpaired) electrons. The third-order valence-electron chi connectivity index (χ3n) is 3.43. The van der Waals surface area contributed by atoms with E-state index in [1.165, 1.54) is 16.4 Å². The second-order valence-electron chi connectivity index (χ2n) is 4.80. The molecule has 0 spiro atoms. The topological polar surface area (TPSA) is 86.7 Å². The molecular weight excluding hydrogens is 298 g/mol. The second kappa shape index (κ2) is 5.36. The van der Waals surface area contributed by atoms with Gasteiger partial charge in [-0.15, -0.1) is 11.3 Å². The summed E-state index contributed by atoms with van der Waals surface area (Å²) in [5, 5.41) is 15.3. The van der Waals surface area contributed by atoms with E-state index in [1.54, 1.807) is 11.3 Å². The van der Waals surface area contributed by atoms with Gasteiger partial charge in [0.15, 0.2) is 11.5 Å². The number of aromatic amines is 1. The molecule has 0 unspecified atom stereocenters. The number of hydrogen-bond acceptors (Lipinski definition) is 6. The Morgan fingerprint density at radius 3 is 3.05 bits per heavy atom. The highest BCUT2D eigenvalue weighted by molar-refractivity contribution is 7.17. The maximum absolute atomic E-state index is 8.94. The molecular formula is C15H13N5OS. The number of nitrogens with zero attached hydrogens (tertiary/aromatic N) is 3. The molecule has 3 N–H and O–H groups in total. The molecule has 3 heterocycles. The third kappa shape index (κ3) is 2.11. The summed E-state index contributed by atoms with van der Waals surface area (Å²) >= 11 is 1.69. The van der Waals surface area contributed by atoms with Crippen molar-refractivity contribution in [1.29, 1.82) is 0 Å². The lowest BCUT2D eigenvalue weighted by Gasteiger charge is -2.02.